The second kappa shape index (κ2) is 7.99. The summed E-state index contributed by atoms with van der Waals surface area (Å²) >= 11 is 11.7. The highest BCUT2D eigenvalue weighted by Crippen LogP contribution is 2.28. The highest BCUT2D eigenvalue weighted by atomic mass is 35.5. The van der Waals surface area contributed by atoms with Gasteiger partial charge in [0, 0.05) is 13.1 Å². The highest BCUT2D eigenvalue weighted by Gasteiger charge is 2.30. The number of hydrogen-bond donors (Lipinski definition) is 1. The monoisotopic (exact) mass is 372 g/mol. The van der Waals surface area contributed by atoms with Crippen molar-refractivity contribution in [2.24, 2.45) is 5.92 Å². The van der Waals surface area contributed by atoms with Crippen LogP contribution in [0.2, 0.25) is 10.0 Å². The summed E-state index contributed by atoms with van der Waals surface area (Å²) in [5, 5.41) is 3.73. The second-order valence-electron chi connectivity index (χ2n) is 5.00. The van der Waals surface area contributed by atoms with E-state index < -0.39 is 10.0 Å². The third-order valence-corrected chi connectivity index (χ3v) is 6.10. The van der Waals surface area contributed by atoms with E-state index in [1.165, 1.54) is 22.5 Å². The number of halogens is 3. The van der Waals surface area contributed by atoms with Crippen LogP contribution in [-0.2, 0) is 10.0 Å². The Hall–Kier alpha value is -0.0400. The molecule has 2 rings (SSSR count). The summed E-state index contributed by atoms with van der Waals surface area (Å²) in [6.07, 6.45) is 1.93. The largest absolute Gasteiger partial charge is 0.319 e. The summed E-state index contributed by atoms with van der Waals surface area (Å²) in [5.41, 5.74) is 0. The van der Waals surface area contributed by atoms with Gasteiger partial charge >= 0.3 is 0 Å². The topological polar surface area (TPSA) is 49.4 Å². The average Bonchev–Trinajstić information content (AvgIpc) is 2.42. The standard InChI is InChI=1S/C13H18Cl2N2O2S.ClH/c1-16-8-10-3-2-6-17(9-10)20(18,19)11-4-5-12(14)13(15)7-11;/h4-5,7,10,16H,2-3,6,8-9H2,1H3;1H. The third-order valence-electron chi connectivity index (χ3n) is 3.50. The van der Waals surface area contributed by atoms with E-state index in [1.807, 2.05) is 7.05 Å². The predicted octanol–water partition coefficient (Wildman–Crippen LogP) is 3.04. The maximum absolute atomic E-state index is 12.6. The maximum atomic E-state index is 12.6. The molecule has 1 aliphatic heterocycles. The molecule has 1 unspecified atom stereocenters. The van der Waals surface area contributed by atoms with Gasteiger partial charge in [0.25, 0.3) is 0 Å². The van der Waals surface area contributed by atoms with Crippen molar-refractivity contribution in [1.82, 2.24) is 9.62 Å². The molecular formula is C13H19Cl3N2O2S. The summed E-state index contributed by atoms with van der Waals surface area (Å²) in [6.45, 7) is 1.93. The number of nitrogens with zero attached hydrogens (tertiary/aromatic N) is 1. The van der Waals surface area contributed by atoms with E-state index >= 15 is 0 Å². The van der Waals surface area contributed by atoms with Crippen molar-refractivity contribution in [2.45, 2.75) is 17.7 Å². The molecule has 1 N–H and O–H groups in total. The van der Waals surface area contributed by atoms with Crippen LogP contribution in [-0.4, -0.2) is 39.4 Å². The SMILES string of the molecule is CNCC1CCCN(S(=O)(=O)c2ccc(Cl)c(Cl)c2)C1.Cl. The van der Waals surface area contributed by atoms with Gasteiger partial charge in [-0.25, -0.2) is 8.42 Å². The third kappa shape index (κ3) is 4.47. The van der Waals surface area contributed by atoms with Crippen LogP contribution in [0.5, 0.6) is 0 Å². The minimum Gasteiger partial charge on any atom is -0.319 e. The van der Waals surface area contributed by atoms with Gasteiger partial charge in [-0.2, -0.15) is 4.31 Å². The van der Waals surface area contributed by atoms with Crippen molar-refractivity contribution in [3.05, 3.63) is 28.2 Å². The lowest BCUT2D eigenvalue weighted by Crippen LogP contribution is -2.42. The molecule has 0 spiro atoms. The van der Waals surface area contributed by atoms with Crippen LogP contribution in [0.4, 0.5) is 0 Å². The van der Waals surface area contributed by atoms with Crippen LogP contribution in [0, 0.1) is 5.92 Å². The molecule has 0 radical (unpaired) electrons. The molecule has 0 amide bonds. The lowest BCUT2D eigenvalue weighted by molar-refractivity contribution is 0.263. The Labute approximate surface area is 142 Å². The van der Waals surface area contributed by atoms with Crippen LogP contribution in [0.1, 0.15) is 12.8 Å². The average molecular weight is 374 g/mol. The maximum Gasteiger partial charge on any atom is 0.243 e. The first-order valence-electron chi connectivity index (χ1n) is 6.55. The van der Waals surface area contributed by atoms with E-state index in [4.69, 9.17) is 23.2 Å². The minimum atomic E-state index is -3.49. The Kier molecular flexibility index (Phi) is 7.24. The van der Waals surface area contributed by atoms with Gasteiger partial charge in [0.2, 0.25) is 10.0 Å². The normalized spacial score (nSPS) is 20.0. The van der Waals surface area contributed by atoms with Gasteiger partial charge in [0.1, 0.15) is 0 Å². The predicted molar refractivity (Wildman–Crippen MR) is 89.1 cm³/mol. The first kappa shape index (κ1) is 19.0. The Balaban J connectivity index is 0.00000220. The molecular weight excluding hydrogens is 355 g/mol. The van der Waals surface area contributed by atoms with Gasteiger partial charge in [0.15, 0.2) is 0 Å². The van der Waals surface area contributed by atoms with Crippen LogP contribution >= 0.6 is 35.6 Å². The molecule has 1 aromatic carbocycles. The van der Waals surface area contributed by atoms with Crippen molar-refractivity contribution in [2.75, 3.05) is 26.7 Å². The number of piperidine rings is 1. The summed E-state index contributed by atoms with van der Waals surface area (Å²) in [5.74, 6) is 0.353. The van der Waals surface area contributed by atoms with Crippen molar-refractivity contribution < 1.29 is 8.42 Å². The van der Waals surface area contributed by atoms with E-state index in [2.05, 4.69) is 5.32 Å². The van der Waals surface area contributed by atoms with Gasteiger partial charge in [-0.3, -0.25) is 0 Å². The molecule has 0 saturated carbocycles. The Morgan fingerprint density at radius 1 is 1.33 bits per heavy atom. The Bertz CT molecular complexity index is 579. The molecule has 1 saturated heterocycles. The molecule has 0 aliphatic carbocycles. The van der Waals surface area contributed by atoms with E-state index in [0.29, 0.717) is 24.0 Å². The van der Waals surface area contributed by atoms with Crippen molar-refractivity contribution in [3.8, 4) is 0 Å². The van der Waals surface area contributed by atoms with E-state index in [1.54, 1.807) is 0 Å². The molecule has 120 valence electrons. The smallest absolute Gasteiger partial charge is 0.243 e. The molecule has 0 aromatic heterocycles. The molecule has 1 aromatic rings. The lowest BCUT2D eigenvalue weighted by atomic mass is 10.00. The number of benzene rings is 1. The summed E-state index contributed by atoms with van der Waals surface area (Å²) in [4.78, 5) is 0.206. The first-order chi connectivity index (χ1) is 9.45. The number of sulfonamides is 1. The van der Waals surface area contributed by atoms with Crippen molar-refractivity contribution in [1.29, 1.82) is 0 Å². The van der Waals surface area contributed by atoms with Gasteiger partial charge in [0.05, 0.1) is 14.9 Å². The van der Waals surface area contributed by atoms with Crippen LogP contribution in [0.25, 0.3) is 0 Å². The van der Waals surface area contributed by atoms with Crippen molar-refractivity contribution in [3.63, 3.8) is 0 Å². The summed E-state index contributed by atoms with van der Waals surface area (Å²) in [6, 6.07) is 4.44. The zero-order valence-electron chi connectivity index (χ0n) is 11.7. The van der Waals surface area contributed by atoms with Crippen LogP contribution < -0.4 is 5.32 Å². The highest BCUT2D eigenvalue weighted by molar-refractivity contribution is 7.89. The van der Waals surface area contributed by atoms with Gasteiger partial charge in [-0.1, -0.05) is 23.2 Å². The number of nitrogens with one attached hydrogen (secondary N) is 1. The Morgan fingerprint density at radius 2 is 2.05 bits per heavy atom. The molecule has 1 fully saturated rings. The zero-order chi connectivity index (χ0) is 14.8. The van der Waals surface area contributed by atoms with Gasteiger partial charge in [-0.15, -0.1) is 12.4 Å². The second-order valence-corrected chi connectivity index (χ2v) is 7.76. The first-order valence-corrected chi connectivity index (χ1v) is 8.74. The number of rotatable bonds is 4. The quantitative estimate of drug-likeness (QED) is 0.882. The Morgan fingerprint density at radius 3 is 2.67 bits per heavy atom. The lowest BCUT2D eigenvalue weighted by Gasteiger charge is -2.31. The van der Waals surface area contributed by atoms with E-state index in [0.717, 1.165) is 19.4 Å². The fourth-order valence-corrected chi connectivity index (χ4v) is 4.43. The van der Waals surface area contributed by atoms with Crippen molar-refractivity contribution >= 4 is 45.6 Å². The van der Waals surface area contributed by atoms with E-state index in [9.17, 15) is 8.42 Å². The van der Waals surface area contributed by atoms with Crippen LogP contribution in [0.15, 0.2) is 23.1 Å². The molecule has 4 nitrogen and oxygen atoms in total. The molecule has 0 bridgehead atoms. The molecule has 1 aliphatic rings. The zero-order valence-corrected chi connectivity index (χ0v) is 14.8. The molecule has 21 heavy (non-hydrogen) atoms. The van der Waals surface area contributed by atoms with Gasteiger partial charge < -0.3 is 5.32 Å². The number of hydrogen-bond acceptors (Lipinski definition) is 3. The van der Waals surface area contributed by atoms with Gasteiger partial charge in [-0.05, 0) is 50.6 Å². The minimum absolute atomic E-state index is 0. The summed E-state index contributed by atoms with van der Waals surface area (Å²) < 4.78 is 26.7. The molecule has 1 heterocycles. The fraction of sp³-hybridized carbons (Fsp3) is 0.538. The molecule has 1 atom stereocenters. The van der Waals surface area contributed by atoms with Crippen LogP contribution in [0.3, 0.4) is 0 Å². The molecule has 8 heteroatoms. The fourth-order valence-electron chi connectivity index (χ4n) is 2.49. The van der Waals surface area contributed by atoms with E-state index in [-0.39, 0.29) is 22.3 Å². The summed E-state index contributed by atoms with van der Waals surface area (Å²) in [7, 11) is -1.61.